The molecule has 1 aromatic rings. The van der Waals surface area contributed by atoms with E-state index in [0.29, 0.717) is 12.3 Å². The predicted molar refractivity (Wildman–Crippen MR) is 94.4 cm³/mol. The van der Waals surface area contributed by atoms with Crippen LogP contribution in [-0.4, -0.2) is 37.0 Å². The Balaban J connectivity index is 0.00000264. The van der Waals surface area contributed by atoms with E-state index in [1.54, 1.807) is 6.07 Å². The summed E-state index contributed by atoms with van der Waals surface area (Å²) in [5.41, 5.74) is 0.892. The van der Waals surface area contributed by atoms with Crippen LogP contribution in [0.3, 0.4) is 0 Å². The molecule has 23 heavy (non-hydrogen) atoms. The number of carbonyl (C=O) groups excluding carboxylic acids is 1. The maximum atomic E-state index is 13.2. The van der Waals surface area contributed by atoms with Gasteiger partial charge in [-0.25, -0.2) is 4.39 Å². The number of halogens is 2. The molecule has 1 atom stereocenters. The Morgan fingerprint density at radius 1 is 1.39 bits per heavy atom. The van der Waals surface area contributed by atoms with Crippen molar-refractivity contribution in [2.75, 3.05) is 26.2 Å². The average Bonchev–Trinajstić information content (AvgIpc) is 2.52. The molecule has 1 amide bonds. The van der Waals surface area contributed by atoms with Crippen LogP contribution < -0.4 is 5.32 Å². The zero-order valence-corrected chi connectivity index (χ0v) is 14.9. The summed E-state index contributed by atoms with van der Waals surface area (Å²) >= 11 is 0. The summed E-state index contributed by atoms with van der Waals surface area (Å²) in [5.74, 6) is 0.558. The van der Waals surface area contributed by atoms with Gasteiger partial charge in [0, 0.05) is 19.0 Å². The molecule has 1 unspecified atom stereocenters. The van der Waals surface area contributed by atoms with Crippen molar-refractivity contribution >= 4 is 18.3 Å². The van der Waals surface area contributed by atoms with E-state index in [2.05, 4.69) is 12.2 Å². The van der Waals surface area contributed by atoms with E-state index in [4.69, 9.17) is 0 Å². The lowest BCUT2D eigenvalue weighted by atomic mass is 9.94. The lowest BCUT2D eigenvalue weighted by molar-refractivity contribution is -0.136. The van der Waals surface area contributed by atoms with Crippen molar-refractivity contribution in [2.24, 2.45) is 11.8 Å². The molecular weight excluding hydrogens is 315 g/mol. The van der Waals surface area contributed by atoms with Gasteiger partial charge in [0.05, 0.1) is 0 Å². The van der Waals surface area contributed by atoms with Gasteiger partial charge in [-0.15, -0.1) is 12.4 Å². The van der Waals surface area contributed by atoms with Crippen LogP contribution in [-0.2, 0) is 11.2 Å². The second-order valence-corrected chi connectivity index (χ2v) is 6.31. The minimum absolute atomic E-state index is 0. The minimum Gasteiger partial charge on any atom is -0.342 e. The molecule has 0 aliphatic carbocycles. The Kier molecular flexibility index (Phi) is 8.56. The molecule has 1 aliphatic heterocycles. The van der Waals surface area contributed by atoms with E-state index in [1.165, 1.54) is 12.1 Å². The van der Waals surface area contributed by atoms with Gasteiger partial charge in [0.1, 0.15) is 5.82 Å². The van der Waals surface area contributed by atoms with Gasteiger partial charge in [-0.2, -0.15) is 0 Å². The summed E-state index contributed by atoms with van der Waals surface area (Å²) in [6, 6.07) is 6.54. The summed E-state index contributed by atoms with van der Waals surface area (Å²) in [4.78, 5) is 14.5. The number of carbonyl (C=O) groups is 1. The molecule has 0 bridgehead atoms. The normalized spacial score (nSPS) is 16.7. The zero-order valence-electron chi connectivity index (χ0n) is 14.1. The van der Waals surface area contributed by atoms with Crippen molar-refractivity contribution in [2.45, 2.75) is 33.1 Å². The molecule has 0 spiro atoms. The van der Waals surface area contributed by atoms with Crippen LogP contribution in [0.25, 0.3) is 0 Å². The number of amides is 1. The molecule has 1 aromatic carbocycles. The number of nitrogens with zero attached hydrogens (tertiary/aromatic N) is 1. The van der Waals surface area contributed by atoms with E-state index in [-0.39, 0.29) is 30.0 Å². The first-order valence-corrected chi connectivity index (χ1v) is 8.34. The molecule has 130 valence electrons. The summed E-state index contributed by atoms with van der Waals surface area (Å²) < 4.78 is 13.2. The average molecular weight is 343 g/mol. The van der Waals surface area contributed by atoms with Crippen LogP contribution in [0.15, 0.2) is 24.3 Å². The number of rotatable bonds is 6. The van der Waals surface area contributed by atoms with Crippen molar-refractivity contribution in [3.8, 4) is 0 Å². The van der Waals surface area contributed by atoms with Crippen molar-refractivity contribution in [1.82, 2.24) is 10.2 Å². The topological polar surface area (TPSA) is 32.3 Å². The number of nitrogens with one attached hydrogen (secondary N) is 1. The van der Waals surface area contributed by atoms with Crippen LogP contribution in [0.4, 0.5) is 4.39 Å². The highest BCUT2D eigenvalue weighted by atomic mass is 35.5. The number of piperidine rings is 1. The van der Waals surface area contributed by atoms with E-state index >= 15 is 0 Å². The number of benzene rings is 1. The van der Waals surface area contributed by atoms with Crippen molar-refractivity contribution in [3.63, 3.8) is 0 Å². The molecule has 1 aliphatic rings. The Labute approximate surface area is 145 Å². The first-order valence-electron chi connectivity index (χ1n) is 8.34. The lowest BCUT2D eigenvalue weighted by Gasteiger charge is -2.33. The van der Waals surface area contributed by atoms with Crippen molar-refractivity contribution in [1.29, 1.82) is 0 Å². The monoisotopic (exact) mass is 342 g/mol. The molecule has 0 radical (unpaired) electrons. The summed E-state index contributed by atoms with van der Waals surface area (Å²) in [6.45, 7) is 7.82. The number of hydrogen-bond donors (Lipinski definition) is 1. The van der Waals surface area contributed by atoms with Crippen LogP contribution in [0.1, 0.15) is 32.3 Å². The van der Waals surface area contributed by atoms with E-state index in [0.717, 1.165) is 44.6 Å². The summed E-state index contributed by atoms with van der Waals surface area (Å²) in [6.07, 6.45) is 2.75. The van der Waals surface area contributed by atoms with Gasteiger partial charge < -0.3 is 10.2 Å². The molecule has 1 saturated heterocycles. The van der Waals surface area contributed by atoms with Gasteiger partial charge in [0.25, 0.3) is 0 Å². The van der Waals surface area contributed by atoms with Gasteiger partial charge in [-0.3, -0.25) is 4.79 Å². The van der Waals surface area contributed by atoms with E-state index in [9.17, 15) is 9.18 Å². The highest BCUT2D eigenvalue weighted by Gasteiger charge is 2.25. The number of hydrogen-bond acceptors (Lipinski definition) is 2. The van der Waals surface area contributed by atoms with Gasteiger partial charge in [0.2, 0.25) is 5.91 Å². The maximum absolute atomic E-state index is 13.2. The van der Waals surface area contributed by atoms with E-state index < -0.39 is 0 Å². The fraction of sp³-hybridized carbons (Fsp3) is 0.611. The molecule has 1 heterocycles. The molecular formula is C18H28ClFN2O. The molecule has 0 aromatic heterocycles. The quantitative estimate of drug-likeness (QED) is 0.860. The van der Waals surface area contributed by atoms with Gasteiger partial charge in [-0.05, 0) is 56.0 Å². The third-order valence-corrected chi connectivity index (χ3v) is 4.46. The molecule has 3 nitrogen and oxygen atoms in total. The van der Waals surface area contributed by atoms with Crippen molar-refractivity contribution in [3.05, 3.63) is 35.6 Å². The zero-order chi connectivity index (χ0) is 15.9. The second kappa shape index (κ2) is 9.89. The molecule has 1 N–H and O–H groups in total. The fourth-order valence-corrected chi connectivity index (χ4v) is 3.12. The van der Waals surface area contributed by atoms with Crippen LogP contribution in [0.2, 0.25) is 0 Å². The second-order valence-electron chi connectivity index (χ2n) is 6.31. The van der Waals surface area contributed by atoms with Crippen molar-refractivity contribution < 1.29 is 9.18 Å². The molecule has 2 rings (SSSR count). The largest absolute Gasteiger partial charge is 0.342 e. The Hall–Kier alpha value is -1.13. The SMILES string of the molecule is CCNCC1CCN(C(=O)C(C)Cc2cccc(F)c2)CC1.Cl. The Morgan fingerprint density at radius 2 is 2.09 bits per heavy atom. The minimum atomic E-state index is -0.235. The standard InChI is InChI=1S/C18H27FN2O.ClH/c1-3-20-13-15-7-9-21(10-8-15)18(22)14(2)11-16-5-4-6-17(19)12-16;/h4-6,12,14-15,20H,3,7-11,13H2,1-2H3;1H. The lowest BCUT2D eigenvalue weighted by Crippen LogP contribution is -2.43. The number of likely N-dealkylation sites (tertiary alicyclic amines) is 1. The first kappa shape index (κ1) is 19.9. The fourth-order valence-electron chi connectivity index (χ4n) is 3.12. The van der Waals surface area contributed by atoms with E-state index in [1.807, 2.05) is 17.9 Å². The highest BCUT2D eigenvalue weighted by molar-refractivity contribution is 5.85. The van der Waals surface area contributed by atoms with Crippen LogP contribution in [0, 0.1) is 17.7 Å². The van der Waals surface area contributed by atoms with Gasteiger partial charge in [0.15, 0.2) is 0 Å². The summed E-state index contributed by atoms with van der Waals surface area (Å²) in [5, 5.41) is 3.38. The maximum Gasteiger partial charge on any atom is 0.225 e. The third-order valence-electron chi connectivity index (χ3n) is 4.46. The van der Waals surface area contributed by atoms with Crippen LogP contribution >= 0.6 is 12.4 Å². The van der Waals surface area contributed by atoms with Gasteiger partial charge >= 0.3 is 0 Å². The first-order chi connectivity index (χ1) is 10.6. The van der Waals surface area contributed by atoms with Gasteiger partial charge in [-0.1, -0.05) is 26.0 Å². The molecule has 5 heteroatoms. The Bertz CT molecular complexity index is 490. The highest BCUT2D eigenvalue weighted by Crippen LogP contribution is 2.20. The van der Waals surface area contributed by atoms with Crippen LogP contribution in [0.5, 0.6) is 0 Å². The summed E-state index contributed by atoms with van der Waals surface area (Å²) in [7, 11) is 0. The molecule has 1 fully saturated rings. The smallest absolute Gasteiger partial charge is 0.225 e. The molecule has 0 saturated carbocycles. The predicted octanol–water partition coefficient (Wildman–Crippen LogP) is 3.27. The third kappa shape index (κ3) is 6.11. The Morgan fingerprint density at radius 3 is 2.70 bits per heavy atom.